The van der Waals surface area contributed by atoms with Gasteiger partial charge in [-0.05, 0) is 12.0 Å². The van der Waals surface area contributed by atoms with E-state index in [1.807, 2.05) is 12.2 Å². The molecular weight excluding hydrogens is 453 g/mol. The second-order valence-corrected chi connectivity index (χ2v) is 7.11. The lowest BCUT2D eigenvalue weighted by molar-refractivity contribution is -0.132. The minimum Gasteiger partial charge on any atom is -0.426 e. The van der Waals surface area contributed by atoms with Crippen molar-refractivity contribution in [1.82, 2.24) is 25.5 Å². The van der Waals surface area contributed by atoms with E-state index in [1.54, 1.807) is 17.9 Å². The number of rotatable bonds is 9. The summed E-state index contributed by atoms with van der Waals surface area (Å²) < 4.78 is 5.06. The quantitative estimate of drug-likeness (QED) is 0.285. The SMILES string of the molecule is C=C/C=C(\C=C)CCC.CC(=O)N1CCOCC1.O=C(CNC(=O)c1cnccn1)NCB(O)O. The van der Waals surface area contributed by atoms with E-state index in [0.717, 1.165) is 19.5 Å². The number of aromatic nitrogens is 2. The number of carbonyl (C=O) groups is 3. The molecule has 4 N–H and O–H groups in total. The Morgan fingerprint density at radius 3 is 2.34 bits per heavy atom. The van der Waals surface area contributed by atoms with Crippen molar-refractivity contribution >= 4 is 24.8 Å². The number of morpholine rings is 1. The lowest BCUT2D eigenvalue weighted by atomic mass is 9.93. The lowest BCUT2D eigenvalue weighted by Crippen LogP contribution is -2.41. The molecule has 192 valence electrons. The number of nitrogens with one attached hydrogen (secondary N) is 2. The molecule has 0 unspecified atom stereocenters. The van der Waals surface area contributed by atoms with Crippen molar-refractivity contribution in [3.63, 3.8) is 0 Å². The summed E-state index contributed by atoms with van der Waals surface area (Å²) in [5.41, 5.74) is 1.37. The molecule has 0 spiro atoms. The fourth-order valence-corrected chi connectivity index (χ4v) is 2.51. The third kappa shape index (κ3) is 16.8. The van der Waals surface area contributed by atoms with Gasteiger partial charge in [-0.25, -0.2) is 4.98 Å². The van der Waals surface area contributed by atoms with Gasteiger partial charge in [-0.15, -0.1) is 0 Å². The molecule has 3 amide bonds. The van der Waals surface area contributed by atoms with Crippen LogP contribution in [-0.2, 0) is 14.3 Å². The highest BCUT2D eigenvalue weighted by molar-refractivity contribution is 6.41. The van der Waals surface area contributed by atoms with E-state index < -0.39 is 18.9 Å². The Bertz CT molecular complexity index is 814. The van der Waals surface area contributed by atoms with E-state index in [-0.39, 0.29) is 24.6 Å². The van der Waals surface area contributed by atoms with Gasteiger partial charge in [0, 0.05) is 32.4 Å². The Morgan fingerprint density at radius 1 is 1.20 bits per heavy atom. The summed E-state index contributed by atoms with van der Waals surface area (Å²) in [7, 11) is -1.62. The molecule has 0 bridgehead atoms. The maximum Gasteiger partial charge on any atom is 0.472 e. The number of allylic oxidation sites excluding steroid dienone is 4. The van der Waals surface area contributed by atoms with Gasteiger partial charge in [0.15, 0.2) is 0 Å². The fraction of sp³-hybridized carbons (Fsp3) is 0.435. The molecule has 0 saturated carbocycles. The van der Waals surface area contributed by atoms with Crippen molar-refractivity contribution < 1.29 is 29.2 Å². The Morgan fingerprint density at radius 2 is 1.89 bits per heavy atom. The first-order valence-corrected chi connectivity index (χ1v) is 11.2. The molecule has 1 fully saturated rings. The Labute approximate surface area is 207 Å². The van der Waals surface area contributed by atoms with Crippen LogP contribution in [0.2, 0.25) is 0 Å². The van der Waals surface area contributed by atoms with E-state index in [0.29, 0.717) is 13.2 Å². The summed E-state index contributed by atoms with van der Waals surface area (Å²) in [5.74, 6) is -0.911. The summed E-state index contributed by atoms with van der Waals surface area (Å²) in [6, 6.07) is 0. The number of ether oxygens (including phenoxy) is 1. The van der Waals surface area contributed by atoms with Gasteiger partial charge in [-0.1, -0.05) is 44.7 Å². The molecular formula is C23H36BN5O6. The third-order valence-corrected chi connectivity index (χ3v) is 4.28. The minimum atomic E-state index is -1.62. The average Bonchev–Trinajstić information content (AvgIpc) is 2.87. The predicted molar refractivity (Wildman–Crippen MR) is 134 cm³/mol. The van der Waals surface area contributed by atoms with Crippen LogP contribution in [0.1, 0.15) is 37.2 Å². The van der Waals surface area contributed by atoms with Gasteiger partial charge in [0.25, 0.3) is 5.91 Å². The zero-order valence-corrected chi connectivity index (χ0v) is 20.5. The highest BCUT2D eigenvalue weighted by Crippen LogP contribution is 2.04. The van der Waals surface area contributed by atoms with Crippen molar-refractivity contribution in [3.8, 4) is 0 Å². The summed E-state index contributed by atoms with van der Waals surface area (Å²) in [4.78, 5) is 42.4. The summed E-state index contributed by atoms with van der Waals surface area (Å²) in [5, 5.41) is 21.5. The molecule has 11 nitrogen and oxygen atoms in total. The minimum absolute atomic E-state index is 0.0995. The zero-order chi connectivity index (χ0) is 26.5. The normalized spacial score (nSPS) is 12.6. The van der Waals surface area contributed by atoms with E-state index in [4.69, 9.17) is 14.8 Å². The number of amides is 3. The third-order valence-electron chi connectivity index (χ3n) is 4.28. The van der Waals surface area contributed by atoms with E-state index in [9.17, 15) is 14.4 Å². The van der Waals surface area contributed by atoms with Gasteiger partial charge in [0.2, 0.25) is 11.8 Å². The number of nitrogens with zero attached hydrogens (tertiary/aromatic N) is 3. The van der Waals surface area contributed by atoms with Crippen LogP contribution >= 0.6 is 0 Å². The molecule has 1 aromatic heterocycles. The predicted octanol–water partition coefficient (Wildman–Crippen LogP) is 0.285. The van der Waals surface area contributed by atoms with Gasteiger partial charge < -0.3 is 30.3 Å². The molecule has 0 aromatic carbocycles. The Kier molecular flexibility index (Phi) is 18.1. The van der Waals surface area contributed by atoms with Gasteiger partial charge in [-0.3, -0.25) is 19.4 Å². The standard InChI is InChI=1S/C9H14.C8H11BN4O4.C6H11NO2/c1-4-7-9(6-3)8-5-2;14-7(13-5-9(16)17)4-12-8(15)6-3-10-1-2-11-6;1-6(8)7-2-4-9-5-3-7/h4,6-7H,1,3,5,8H2,2H3;1-3,16-17H,4-5H2,(H,12,15)(H,13,14);2-5H2,1H3/b9-7+;;. The van der Waals surface area contributed by atoms with Crippen molar-refractivity contribution in [2.24, 2.45) is 0 Å². The molecule has 1 saturated heterocycles. The van der Waals surface area contributed by atoms with Crippen LogP contribution in [0.5, 0.6) is 0 Å². The van der Waals surface area contributed by atoms with E-state index in [1.165, 1.54) is 30.6 Å². The number of hydrogen-bond donors (Lipinski definition) is 4. The molecule has 1 aliphatic heterocycles. The number of hydrogen-bond acceptors (Lipinski definition) is 8. The fourth-order valence-electron chi connectivity index (χ4n) is 2.51. The highest BCUT2D eigenvalue weighted by atomic mass is 16.5. The van der Waals surface area contributed by atoms with Crippen LogP contribution in [0, 0.1) is 0 Å². The summed E-state index contributed by atoms with van der Waals surface area (Å²) in [6.07, 6.45) is 11.7. The van der Waals surface area contributed by atoms with Crippen LogP contribution < -0.4 is 10.6 Å². The van der Waals surface area contributed by atoms with Crippen LogP contribution in [0.4, 0.5) is 0 Å². The second kappa shape index (κ2) is 20.1. The molecule has 0 aliphatic carbocycles. The largest absolute Gasteiger partial charge is 0.472 e. The van der Waals surface area contributed by atoms with Gasteiger partial charge in [-0.2, -0.15) is 0 Å². The van der Waals surface area contributed by atoms with Gasteiger partial charge in [0.1, 0.15) is 5.69 Å². The van der Waals surface area contributed by atoms with Crippen LogP contribution in [-0.4, -0.2) is 89.0 Å². The lowest BCUT2D eigenvalue weighted by Gasteiger charge is -2.25. The van der Waals surface area contributed by atoms with Crippen LogP contribution in [0.3, 0.4) is 0 Å². The van der Waals surface area contributed by atoms with Crippen molar-refractivity contribution in [1.29, 1.82) is 0 Å². The maximum atomic E-state index is 11.4. The summed E-state index contributed by atoms with van der Waals surface area (Å²) in [6.45, 7) is 13.7. The first-order valence-electron chi connectivity index (χ1n) is 11.2. The molecule has 1 aliphatic rings. The Hall–Kier alpha value is -3.35. The molecule has 0 atom stereocenters. The molecule has 2 rings (SSSR count). The van der Waals surface area contributed by atoms with Crippen LogP contribution in [0.25, 0.3) is 0 Å². The topological polar surface area (TPSA) is 154 Å². The highest BCUT2D eigenvalue weighted by Gasteiger charge is 2.12. The van der Waals surface area contributed by atoms with Crippen molar-refractivity contribution in [2.75, 3.05) is 39.3 Å². The smallest absolute Gasteiger partial charge is 0.426 e. The molecule has 1 aromatic rings. The maximum absolute atomic E-state index is 11.4. The average molecular weight is 489 g/mol. The van der Waals surface area contributed by atoms with Crippen LogP contribution in [0.15, 0.2) is 55.5 Å². The number of carbonyl (C=O) groups excluding carboxylic acids is 3. The van der Waals surface area contributed by atoms with Gasteiger partial charge in [0.05, 0.1) is 32.4 Å². The van der Waals surface area contributed by atoms with Crippen molar-refractivity contribution in [3.05, 3.63) is 61.2 Å². The molecule has 12 heteroatoms. The molecule has 0 radical (unpaired) electrons. The Balaban J connectivity index is 0.000000543. The second-order valence-electron chi connectivity index (χ2n) is 7.11. The first kappa shape index (κ1) is 31.7. The monoisotopic (exact) mass is 489 g/mol. The molecule has 35 heavy (non-hydrogen) atoms. The first-order chi connectivity index (χ1) is 16.7. The zero-order valence-electron chi connectivity index (χ0n) is 20.5. The van der Waals surface area contributed by atoms with Crippen molar-refractivity contribution in [2.45, 2.75) is 26.7 Å². The van der Waals surface area contributed by atoms with E-state index >= 15 is 0 Å². The van der Waals surface area contributed by atoms with Gasteiger partial charge >= 0.3 is 7.12 Å². The molecule has 2 heterocycles. The summed E-state index contributed by atoms with van der Waals surface area (Å²) >= 11 is 0. The van der Waals surface area contributed by atoms with E-state index in [2.05, 4.69) is 40.7 Å².